The summed E-state index contributed by atoms with van der Waals surface area (Å²) in [6.45, 7) is 5.33. The highest BCUT2D eigenvalue weighted by Crippen LogP contribution is 2.10. The molecule has 0 aliphatic carbocycles. The zero-order valence-electron chi connectivity index (χ0n) is 11.7. The van der Waals surface area contributed by atoms with Crippen molar-refractivity contribution >= 4 is 17.6 Å². The smallest absolute Gasteiger partial charge is 0.243 e. The Labute approximate surface area is 117 Å². The minimum Gasteiger partial charge on any atom is -0.369 e. The van der Waals surface area contributed by atoms with E-state index in [1.807, 2.05) is 0 Å². The minimum absolute atomic E-state index is 0.199. The highest BCUT2D eigenvalue weighted by Gasteiger charge is 2.30. The van der Waals surface area contributed by atoms with Gasteiger partial charge in [0.25, 0.3) is 0 Å². The molecule has 1 aliphatic heterocycles. The van der Waals surface area contributed by atoms with E-state index >= 15 is 0 Å². The highest BCUT2D eigenvalue weighted by atomic mass is 16.2. The molecule has 0 saturated carbocycles. The van der Waals surface area contributed by atoms with Crippen LogP contribution < -0.4 is 10.6 Å². The predicted molar refractivity (Wildman–Crippen MR) is 73.8 cm³/mol. The number of anilines is 1. The average Bonchev–Trinajstić information content (AvgIpc) is 2.43. The Hall–Kier alpha value is -2.02. The Kier molecular flexibility index (Phi) is 4.62. The summed E-state index contributed by atoms with van der Waals surface area (Å²) in [7, 11) is 0. The molecule has 1 fully saturated rings. The van der Waals surface area contributed by atoms with Gasteiger partial charge in [0.15, 0.2) is 0 Å². The van der Waals surface area contributed by atoms with Crippen molar-refractivity contribution in [3.05, 3.63) is 18.1 Å². The van der Waals surface area contributed by atoms with Crippen LogP contribution in [0.5, 0.6) is 0 Å². The molecule has 1 unspecified atom stereocenters. The molecule has 20 heavy (non-hydrogen) atoms. The third-order valence-corrected chi connectivity index (χ3v) is 3.16. The number of rotatable bonds is 5. The summed E-state index contributed by atoms with van der Waals surface area (Å²) >= 11 is 0. The normalized spacial score (nSPS) is 19.8. The SMILES string of the molecule is CCCNc1cnc(CN2CC(=O)NC(=O)C2C)cn1. The molecule has 0 radical (unpaired) electrons. The number of piperazine rings is 1. The Morgan fingerprint density at radius 1 is 1.40 bits per heavy atom. The van der Waals surface area contributed by atoms with Crippen molar-refractivity contribution < 1.29 is 9.59 Å². The molecule has 1 saturated heterocycles. The fraction of sp³-hybridized carbons (Fsp3) is 0.538. The van der Waals surface area contributed by atoms with Gasteiger partial charge in [0.05, 0.1) is 30.7 Å². The van der Waals surface area contributed by atoms with Gasteiger partial charge in [0.1, 0.15) is 5.82 Å². The second kappa shape index (κ2) is 6.42. The van der Waals surface area contributed by atoms with Gasteiger partial charge in [-0.25, -0.2) is 4.98 Å². The first-order valence-electron chi connectivity index (χ1n) is 6.72. The zero-order chi connectivity index (χ0) is 14.5. The van der Waals surface area contributed by atoms with Gasteiger partial charge >= 0.3 is 0 Å². The lowest BCUT2D eigenvalue weighted by molar-refractivity contribution is -0.139. The number of hydrogen-bond donors (Lipinski definition) is 2. The summed E-state index contributed by atoms with van der Waals surface area (Å²) in [4.78, 5) is 33.3. The van der Waals surface area contributed by atoms with Crippen LogP contribution in [0.15, 0.2) is 12.4 Å². The Morgan fingerprint density at radius 2 is 2.20 bits per heavy atom. The third-order valence-electron chi connectivity index (χ3n) is 3.16. The topological polar surface area (TPSA) is 87.2 Å². The molecule has 1 aliphatic rings. The van der Waals surface area contributed by atoms with E-state index in [1.54, 1.807) is 24.2 Å². The second-order valence-corrected chi connectivity index (χ2v) is 4.81. The van der Waals surface area contributed by atoms with Crippen molar-refractivity contribution in [1.29, 1.82) is 0 Å². The number of aromatic nitrogens is 2. The van der Waals surface area contributed by atoms with Crippen molar-refractivity contribution in [3.8, 4) is 0 Å². The second-order valence-electron chi connectivity index (χ2n) is 4.81. The molecule has 108 valence electrons. The molecule has 2 amide bonds. The van der Waals surface area contributed by atoms with Crippen LogP contribution in [-0.4, -0.2) is 45.8 Å². The quantitative estimate of drug-likeness (QED) is 0.745. The molecule has 2 heterocycles. The van der Waals surface area contributed by atoms with Crippen LogP contribution in [0.3, 0.4) is 0 Å². The number of amides is 2. The lowest BCUT2D eigenvalue weighted by Gasteiger charge is -2.31. The standard InChI is InChI=1S/C13H19N5O2/c1-3-4-14-11-6-15-10(5-16-11)7-18-8-12(19)17-13(20)9(18)2/h5-6,9H,3-4,7-8H2,1-2H3,(H,14,16)(H,17,19,20). The number of carbonyl (C=O) groups is 2. The first-order valence-corrected chi connectivity index (χ1v) is 6.72. The molecular weight excluding hydrogens is 258 g/mol. The number of carbonyl (C=O) groups excluding carboxylic acids is 2. The van der Waals surface area contributed by atoms with Crippen molar-refractivity contribution in [2.75, 3.05) is 18.4 Å². The number of nitrogens with one attached hydrogen (secondary N) is 2. The molecule has 0 spiro atoms. The summed E-state index contributed by atoms with van der Waals surface area (Å²) < 4.78 is 0. The maximum absolute atomic E-state index is 11.6. The fourth-order valence-electron chi connectivity index (χ4n) is 1.95. The molecule has 2 rings (SSSR count). The number of hydrogen-bond acceptors (Lipinski definition) is 6. The van der Waals surface area contributed by atoms with E-state index in [1.165, 1.54) is 0 Å². The lowest BCUT2D eigenvalue weighted by atomic mass is 10.2. The van der Waals surface area contributed by atoms with Crippen molar-refractivity contribution in [1.82, 2.24) is 20.2 Å². The van der Waals surface area contributed by atoms with E-state index < -0.39 is 0 Å². The Balaban J connectivity index is 1.98. The molecule has 7 heteroatoms. The fourth-order valence-corrected chi connectivity index (χ4v) is 1.95. The van der Waals surface area contributed by atoms with Crippen molar-refractivity contribution in [3.63, 3.8) is 0 Å². The van der Waals surface area contributed by atoms with E-state index in [9.17, 15) is 9.59 Å². The summed E-state index contributed by atoms with van der Waals surface area (Å²) in [6.07, 6.45) is 4.36. The molecular formula is C13H19N5O2. The van der Waals surface area contributed by atoms with Gasteiger partial charge in [-0.1, -0.05) is 6.92 Å². The van der Waals surface area contributed by atoms with Gasteiger partial charge in [-0.05, 0) is 13.3 Å². The molecule has 7 nitrogen and oxygen atoms in total. The van der Waals surface area contributed by atoms with Crippen molar-refractivity contribution in [2.24, 2.45) is 0 Å². The number of nitrogens with zero attached hydrogens (tertiary/aromatic N) is 3. The summed E-state index contributed by atoms with van der Waals surface area (Å²) in [5.41, 5.74) is 0.737. The van der Waals surface area contributed by atoms with E-state index in [2.05, 4.69) is 27.5 Å². The predicted octanol–water partition coefficient (Wildman–Crippen LogP) is 0.145. The van der Waals surface area contributed by atoms with Crippen LogP contribution in [-0.2, 0) is 16.1 Å². The first-order chi connectivity index (χ1) is 9.60. The average molecular weight is 277 g/mol. The molecule has 0 aromatic carbocycles. The Morgan fingerprint density at radius 3 is 2.85 bits per heavy atom. The van der Waals surface area contributed by atoms with Crippen LogP contribution >= 0.6 is 0 Å². The van der Waals surface area contributed by atoms with Gasteiger partial charge in [-0.2, -0.15) is 0 Å². The lowest BCUT2D eigenvalue weighted by Crippen LogP contribution is -2.56. The van der Waals surface area contributed by atoms with Crippen LogP contribution in [0.1, 0.15) is 26.0 Å². The summed E-state index contributed by atoms with van der Waals surface area (Å²) in [5.74, 6) is 0.189. The van der Waals surface area contributed by atoms with E-state index in [-0.39, 0.29) is 24.4 Å². The summed E-state index contributed by atoms with van der Waals surface area (Å²) in [5, 5.41) is 5.45. The van der Waals surface area contributed by atoms with Crippen molar-refractivity contribution in [2.45, 2.75) is 32.9 Å². The van der Waals surface area contributed by atoms with Gasteiger partial charge in [-0.3, -0.25) is 24.8 Å². The maximum atomic E-state index is 11.6. The van der Waals surface area contributed by atoms with Gasteiger partial charge in [-0.15, -0.1) is 0 Å². The van der Waals surface area contributed by atoms with Crippen LogP contribution in [0, 0.1) is 0 Å². The van der Waals surface area contributed by atoms with Crippen LogP contribution in [0.25, 0.3) is 0 Å². The first kappa shape index (κ1) is 14.4. The largest absolute Gasteiger partial charge is 0.369 e. The monoisotopic (exact) mass is 277 g/mol. The van der Waals surface area contributed by atoms with Crippen LogP contribution in [0.2, 0.25) is 0 Å². The molecule has 1 atom stereocenters. The van der Waals surface area contributed by atoms with Crippen LogP contribution in [0.4, 0.5) is 5.82 Å². The van der Waals surface area contributed by atoms with E-state index in [0.717, 1.165) is 24.5 Å². The zero-order valence-corrected chi connectivity index (χ0v) is 11.7. The third kappa shape index (κ3) is 3.51. The van der Waals surface area contributed by atoms with Gasteiger partial charge in [0, 0.05) is 13.1 Å². The number of imide groups is 1. The summed E-state index contributed by atoms with van der Waals surface area (Å²) in [6, 6.07) is -0.340. The molecule has 1 aromatic heterocycles. The van der Waals surface area contributed by atoms with E-state index in [4.69, 9.17) is 0 Å². The molecule has 1 aromatic rings. The molecule has 2 N–H and O–H groups in total. The van der Waals surface area contributed by atoms with Gasteiger partial charge in [0.2, 0.25) is 11.8 Å². The maximum Gasteiger partial charge on any atom is 0.243 e. The molecule has 0 bridgehead atoms. The van der Waals surface area contributed by atoms with E-state index in [0.29, 0.717) is 6.54 Å². The highest BCUT2D eigenvalue weighted by molar-refractivity contribution is 6.00. The minimum atomic E-state index is -0.340. The Bertz CT molecular complexity index is 488. The van der Waals surface area contributed by atoms with Gasteiger partial charge < -0.3 is 5.32 Å².